The molecule has 2 heterocycles. The zero-order valence-electron chi connectivity index (χ0n) is 7.81. The topological polar surface area (TPSA) is 77.5 Å². The molecule has 7 heteroatoms. The first kappa shape index (κ1) is 10.4. The lowest BCUT2D eigenvalue weighted by atomic mass is 10.3. The molecule has 0 spiro atoms. The second-order valence-corrected chi connectivity index (χ2v) is 5.02. The van der Waals surface area contributed by atoms with Gasteiger partial charge in [0.2, 0.25) is 0 Å². The van der Waals surface area contributed by atoms with Crippen LogP contribution in [0.2, 0.25) is 5.15 Å². The molecule has 5 nitrogen and oxygen atoms in total. The summed E-state index contributed by atoms with van der Waals surface area (Å²) in [5, 5.41) is 4.76. The quantitative estimate of drug-likeness (QED) is 0.812. The van der Waals surface area contributed by atoms with Crippen molar-refractivity contribution in [3.8, 4) is 0 Å². The second kappa shape index (κ2) is 3.19. The Bertz CT molecular complexity index is 633. The van der Waals surface area contributed by atoms with E-state index < -0.39 is 10.0 Å². The predicted octanol–water partition coefficient (Wildman–Crippen LogP) is 0.944. The van der Waals surface area contributed by atoms with Gasteiger partial charge in [-0.05, 0) is 18.6 Å². The molecular weight excluding hydrogens is 238 g/mol. The van der Waals surface area contributed by atoms with Gasteiger partial charge in [-0.15, -0.1) is 0 Å². The van der Waals surface area contributed by atoms with Gasteiger partial charge in [0.1, 0.15) is 5.65 Å². The predicted molar refractivity (Wildman–Crippen MR) is 56.3 cm³/mol. The van der Waals surface area contributed by atoms with E-state index in [-0.39, 0.29) is 10.2 Å². The van der Waals surface area contributed by atoms with E-state index in [0.717, 1.165) is 5.56 Å². The number of nitrogens with two attached hydrogens (primary N) is 1. The maximum Gasteiger partial charge on any atom is 0.257 e. The number of sulfonamides is 1. The van der Waals surface area contributed by atoms with E-state index in [1.165, 1.54) is 4.40 Å². The molecule has 0 aliphatic carbocycles. The highest BCUT2D eigenvalue weighted by Crippen LogP contribution is 2.21. The standard InChI is InChI=1S/C8H8ClN3O2S/c1-5-2-3-6-11-7(9)8(12(6)4-5)15(10,13)14/h2-4H,1H3,(H2,10,13,14). The fraction of sp³-hybridized carbons (Fsp3) is 0.125. The van der Waals surface area contributed by atoms with Crippen LogP contribution in [-0.4, -0.2) is 17.8 Å². The third kappa shape index (κ3) is 1.71. The zero-order chi connectivity index (χ0) is 11.2. The van der Waals surface area contributed by atoms with Crippen LogP contribution in [0, 0.1) is 6.92 Å². The summed E-state index contributed by atoms with van der Waals surface area (Å²) in [5.74, 6) is 0. The van der Waals surface area contributed by atoms with Crippen LogP contribution in [0.25, 0.3) is 5.65 Å². The molecule has 2 N–H and O–H groups in total. The highest BCUT2D eigenvalue weighted by Gasteiger charge is 2.20. The normalized spacial score (nSPS) is 12.2. The molecular formula is C8H8ClN3O2S. The average molecular weight is 246 g/mol. The van der Waals surface area contributed by atoms with Crippen LogP contribution in [0.4, 0.5) is 0 Å². The van der Waals surface area contributed by atoms with Crippen LogP contribution in [0.15, 0.2) is 23.4 Å². The van der Waals surface area contributed by atoms with Gasteiger partial charge in [0.05, 0.1) is 0 Å². The molecule has 15 heavy (non-hydrogen) atoms. The molecule has 2 aromatic rings. The summed E-state index contributed by atoms with van der Waals surface area (Å²) in [7, 11) is -3.86. The highest BCUT2D eigenvalue weighted by atomic mass is 35.5. The lowest BCUT2D eigenvalue weighted by Crippen LogP contribution is -2.15. The van der Waals surface area contributed by atoms with Gasteiger partial charge in [0.15, 0.2) is 10.2 Å². The van der Waals surface area contributed by atoms with Crippen LogP contribution >= 0.6 is 11.6 Å². The van der Waals surface area contributed by atoms with Crippen molar-refractivity contribution in [1.29, 1.82) is 0 Å². The number of halogens is 1. The Balaban J connectivity index is 2.95. The molecule has 0 aliphatic rings. The minimum absolute atomic E-state index is 0.108. The molecule has 0 bridgehead atoms. The minimum atomic E-state index is -3.86. The summed E-state index contributed by atoms with van der Waals surface area (Å²) in [4.78, 5) is 3.89. The average Bonchev–Trinajstić information content (AvgIpc) is 2.38. The number of hydrogen-bond acceptors (Lipinski definition) is 3. The molecule has 0 radical (unpaired) electrons. The molecule has 0 saturated carbocycles. The molecule has 0 saturated heterocycles. The largest absolute Gasteiger partial charge is 0.288 e. The summed E-state index contributed by atoms with van der Waals surface area (Å²) < 4.78 is 23.9. The minimum Gasteiger partial charge on any atom is -0.288 e. The number of imidazole rings is 1. The van der Waals surface area contributed by atoms with Crippen LogP contribution in [0.1, 0.15) is 5.56 Å². The zero-order valence-corrected chi connectivity index (χ0v) is 9.38. The SMILES string of the molecule is Cc1ccc2nc(Cl)c(S(N)(=O)=O)n2c1. The third-order valence-corrected chi connectivity index (χ3v) is 3.26. The number of fused-ring (bicyclic) bond motifs is 1. The molecule has 2 aromatic heterocycles. The van der Waals surface area contributed by atoms with Crippen LogP contribution in [0.3, 0.4) is 0 Å². The van der Waals surface area contributed by atoms with Crippen molar-refractivity contribution in [1.82, 2.24) is 9.38 Å². The Hall–Kier alpha value is -1.11. The van der Waals surface area contributed by atoms with E-state index in [1.807, 2.05) is 13.0 Å². The molecule has 0 unspecified atom stereocenters. The monoisotopic (exact) mass is 245 g/mol. The van der Waals surface area contributed by atoms with Gasteiger partial charge in [-0.2, -0.15) is 0 Å². The van der Waals surface area contributed by atoms with Crippen molar-refractivity contribution in [2.24, 2.45) is 5.14 Å². The van der Waals surface area contributed by atoms with Crippen LogP contribution < -0.4 is 5.14 Å². The van der Waals surface area contributed by atoms with E-state index in [9.17, 15) is 8.42 Å². The lowest BCUT2D eigenvalue weighted by Gasteiger charge is -2.00. The molecule has 0 fully saturated rings. The fourth-order valence-corrected chi connectivity index (χ4v) is 2.56. The van der Waals surface area contributed by atoms with Crippen molar-refractivity contribution in [3.05, 3.63) is 29.0 Å². The third-order valence-electron chi connectivity index (χ3n) is 1.95. The summed E-state index contributed by atoms with van der Waals surface area (Å²) >= 11 is 5.71. The Morgan fingerprint density at radius 2 is 2.13 bits per heavy atom. The van der Waals surface area contributed by atoms with Gasteiger partial charge in [-0.25, -0.2) is 18.5 Å². The van der Waals surface area contributed by atoms with Crippen LogP contribution in [0.5, 0.6) is 0 Å². The van der Waals surface area contributed by atoms with Gasteiger partial charge in [-0.1, -0.05) is 17.7 Å². The van der Waals surface area contributed by atoms with E-state index in [2.05, 4.69) is 4.98 Å². The Morgan fingerprint density at radius 3 is 2.73 bits per heavy atom. The molecule has 0 aromatic carbocycles. The molecule has 80 valence electrons. The first-order chi connectivity index (χ1) is 6.89. The Labute approximate surface area is 91.5 Å². The van der Waals surface area contributed by atoms with Crippen molar-refractivity contribution < 1.29 is 8.42 Å². The summed E-state index contributed by atoms with van der Waals surface area (Å²) in [6.07, 6.45) is 1.62. The summed E-state index contributed by atoms with van der Waals surface area (Å²) in [6, 6.07) is 3.49. The van der Waals surface area contributed by atoms with Gasteiger partial charge < -0.3 is 0 Å². The first-order valence-electron chi connectivity index (χ1n) is 4.06. The fourth-order valence-electron chi connectivity index (χ4n) is 1.36. The highest BCUT2D eigenvalue weighted by molar-refractivity contribution is 7.89. The first-order valence-corrected chi connectivity index (χ1v) is 5.99. The number of hydrogen-bond donors (Lipinski definition) is 1. The number of pyridine rings is 1. The number of primary sulfonamides is 1. The van der Waals surface area contributed by atoms with Gasteiger partial charge in [0, 0.05) is 6.20 Å². The van der Waals surface area contributed by atoms with Crippen molar-refractivity contribution in [3.63, 3.8) is 0 Å². The molecule has 0 amide bonds. The van der Waals surface area contributed by atoms with Gasteiger partial charge in [-0.3, -0.25) is 4.40 Å². The van der Waals surface area contributed by atoms with Gasteiger partial charge >= 0.3 is 0 Å². The number of aromatic nitrogens is 2. The lowest BCUT2D eigenvalue weighted by molar-refractivity contribution is 0.593. The van der Waals surface area contributed by atoms with Crippen molar-refractivity contribution in [2.75, 3.05) is 0 Å². The van der Waals surface area contributed by atoms with E-state index in [4.69, 9.17) is 16.7 Å². The number of rotatable bonds is 1. The number of aryl methyl sites for hydroxylation is 1. The van der Waals surface area contributed by atoms with E-state index in [0.29, 0.717) is 5.65 Å². The number of nitrogens with zero attached hydrogens (tertiary/aromatic N) is 2. The van der Waals surface area contributed by atoms with Crippen molar-refractivity contribution in [2.45, 2.75) is 11.9 Å². The maximum absolute atomic E-state index is 11.3. The summed E-state index contributed by atoms with van der Waals surface area (Å²) in [6.45, 7) is 1.83. The molecule has 0 atom stereocenters. The van der Waals surface area contributed by atoms with Crippen LogP contribution in [-0.2, 0) is 10.0 Å². The van der Waals surface area contributed by atoms with Crippen molar-refractivity contribution >= 4 is 27.3 Å². The van der Waals surface area contributed by atoms with E-state index >= 15 is 0 Å². The molecule has 2 rings (SSSR count). The Kier molecular flexibility index (Phi) is 2.22. The summed E-state index contributed by atoms with van der Waals surface area (Å²) in [5.41, 5.74) is 1.34. The Morgan fingerprint density at radius 1 is 1.47 bits per heavy atom. The second-order valence-electron chi connectivity index (χ2n) is 3.19. The van der Waals surface area contributed by atoms with Gasteiger partial charge in [0.25, 0.3) is 10.0 Å². The maximum atomic E-state index is 11.3. The molecule has 0 aliphatic heterocycles. The van der Waals surface area contributed by atoms with E-state index in [1.54, 1.807) is 12.3 Å². The smallest absolute Gasteiger partial charge is 0.257 e.